The summed E-state index contributed by atoms with van der Waals surface area (Å²) in [6, 6.07) is 4.27. The smallest absolute Gasteiger partial charge is 0.142 e. The summed E-state index contributed by atoms with van der Waals surface area (Å²) in [7, 11) is 0. The van der Waals surface area contributed by atoms with E-state index in [2.05, 4.69) is 26.0 Å². The van der Waals surface area contributed by atoms with E-state index >= 15 is 0 Å². The molecule has 2 aromatic heterocycles. The fraction of sp³-hybridized carbons (Fsp3) is 0.385. The van der Waals surface area contributed by atoms with E-state index in [4.69, 9.17) is 5.26 Å². The SMILES string of the molecule is N#Cc1cnn(C2CCN(Cc3ncccn3)C2)c1. The first kappa shape index (κ1) is 11.8. The van der Waals surface area contributed by atoms with E-state index in [9.17, 15) is 0 Å². The van der Waals surface area contributed by atoms with Crippen LogP contribution in [0.1, 0.15) is 23.9 Å². The minimum Gasteiger partial charge on any atom is -0.294 e. The number of hydrogen-bond donors (Lipinski definition) is 0. The fourth-order valence-electron chi connectivity index (χ4n) is 2.38. The summed E-state index contributed by atoms with van der Waals surface area (Å²) in [6.07, 6.45) is 8.00. The number of likely N-dealkylation sites (tertiary alicyclic amines) is 1. The first-order valence-electron chi connectivity index (χ1n) is 6.27. The van der Waals surface area contributed by atoms with E-state index in [0.29, 0.717) is 11.6 Å². The van der Waals surface area contributed by atoms with Gasteiger partial charge < -0.3 is 0 Å². The van der Waals surface area contributed by atoms with Crippen molar-refractivity contribution in [1.82, 2.24) is 24.6 Å². The van der Waals surface area contributed by atoms with Gasteiger partial charge >= 0.3 is 0 Å². The van der Waals surface area contributed by atoms with Crippen LogP contribution in [-0.2, 0) is 6.54 Å². The van der Waals surface area contributed by atoms with Crippen molar-refractivity contribution in [3.63, 3.8) is 0 Å². The third-order valence-electron chi connectivity index (χ3n) is 3.34. The predicted octanol–water partition coefficient (Wildman–Crippen LogP) is 0.992. The molecular formula is C13H14N6. The van der Waals surface area contributed by atoms with Crippen molar-refractivity contribution in [1.29, 1.82) is 5.26 Å². The summed E-state index contributed by atoms with van der Waals surface area (Å²) in [6.45, 7) is 2.69. The average Bonchev–Trinajstić information content (AvgIpc) is 3.08. The first-order valence-corrected chi connectivity index (χ1v) is 6.27. The molecular weight excluding hydrogens is 240 g/mol. The molecule has 0 aromatic carbocycles. The Morgan fingerprint density at radius 1 is 1.37 bits per heavy atom. The van der Waals surface area contributed by atoms with Crippen LogP contribution in [0.15, 0.2) is 30.9 Å². The van der Waals surface area contributed by atoms with Crippen molar-refractivity contribution >= 4 is 0 Å². The molecule has 0 spiro atoms. The maximum absolute atomic E-state index is 8.81. The van der Waals surface area contributed by atoms with Crippen LogP contribution < -0.4 is 0 Å². The molecule has 0 amide bonds. The van der Waals surface area contributed by atoms with Gasteiger partial charge in [-0.25, -0.2) is 9.97 Å². The topological polar surface area (TPSA) is 70.6 Å². The molecule has 1 saturated heterocycles. The molecule has 1 unspecified atom stereocenters. The molecule has 6 nitrogen and oxygen atoms in total. The van der Waals surface area contributed by atoms with E-state index in [0.717, 1.165) is 31.9 Å². The standard InChI is InChI=1S/C13H14N6/c14-6-11-7-17-19(8-11)12-2-5-18(9-12)10-13-15-3-1-4-16-13/h1,3-4,7-8,12H,2,5,9-10H2. The molecule has 1 atom stereocenters. The maximum atomic E-state index is 8.81. The Balaban J connectivity index is 1.63. The highest BCUT2D eigenvalue weighted by molar-refractivity contribution is 5.22. The van der Waals surface area contributed by atoms with Gasteiger partial charge in [-0.1, -0.05) is 0 Å². The van der Waals surface area contributed by atoms with E-state index in [-0.39, 0.29) is 0 Å². The molecule has 2 aromatic rings. The number of nitrogens with zero attached hydrogens (tertiary/aromatic N) is 6. The minimum atomic E-state index is 0.339. The lowest BCUT2D eigenvalue weighted by molar-refractivity contribution is 0.304. The second-order valence-electron chi connectivity index (χ2n) is 4.66. The molecule has 0 aliphatic carbocycles. The van der Waals surface area contributed by atoms with Gasteiger partial charge in [-0.3, -0.25) is 9.58 Å². The third kappa shape index (κ3) is 2.61. The molecule has 96 valence electrons. The summed E-state index contributed by atoms with van der Waals surface area (Å²) in [5.41, 5.74) is 0.616. The van der Waals surface area contributed by atoms with Gasteiger partial charge in [0.05, 0.1) is 24.3 Å². The van der Waals surface area contributed by atoms with Gasteiger partial charge in [0.15, 0.2) is 0 Å². The lowest BCUT2D eigenvalue weighted by Gasteiger charge is -2.14. The Morgan fingerprint density at radius 2 is 2.21 bits per heavy atom. The molecule has 0 saturated carbocycles. The summed E-state index contributed by atoms with van der Waals surface area (Å²) in [5, 5.41) is 13.1. The minimum absolute atomic E-state index is 0.339. The highest BCUT2D eigenvalue weighted by Gasteiger charge is 2.24. The molecule has 1 aliphatic rings. The molecule has 1 fully saturated rings. The Hall–Kier alpha value is -2.26. The molecule has 3 rings (SSSR count). The van der Waals surface area contributed by atoms with Crippen LogP contribution in [0.4, 0.5) is 0 Å². The van der Waals surface area contributed by atoms with Crippen LogP contribution in [0.2, 0.25) is 0 Å². The lowest BCUT2D eigenvalue weighted by Crippen LogP contribution is -2.22. The zero-order valence-corrected chi connectivity index (χ0v) is 10.5. The number of aromatic nitrogens is 4. The molecule has 0 N–H and O–H groups in total. The summed E-state index contributed by atoms with van der Waals surface area (Å²) in [5.74, 6) is 0.848. The van der Waals surface area contributed by atoms with Crippen LogP contribution in [0.3, 0.4) is 0 Å². The summed E-state index contributed by atoms with van der Waals surface area (Å²) < 4.78 is 1.89. The molecule has 6 heteroatoms. The second kappa shape index (κ2) is 5.16. The van der Waals surface area contributed by atoms with Gasteiger partial charge in [-0.05, 0) is 12.5 Å². The molecule has 0 bridgehead atoms. The van der Waals surface area contributed by atoms with Gasteiger partial charge in [0.25, 0.3) is 0 Å². The van der Waals surface area contributed by atoms with Crippen molar-refractivity contribution in [2.24, 2.45) is 0 Å². The average molecular weight is 254 g/mol. The van der Waals surface area contributed by atoms with Gasteiger partial charge in [-0.2, -0.15) is 10.4 Å². The first-order chi connectivity index (χ1) is 9.35. The summed E-state index contributed by atoms with van der Waals surface area (Å²) >= 11 is 0. The van der Waals surface area contributed by atoms with Gasteiger partial charge in [-0.15, -0.1) is 0 Å². The zero-order chi connectivity index (χ0) is 13.1. The number of rotatable bonds is 3. The zero-order valence-electron chi connectivity index (χ0n) is 10.5. The Labute approximate surface area is 111 Å². The highest BCUT2D eigenvalue weighted by Crippen LogP contribution is 2.22. The largest absolute Gasteiger partial charge is 0.294 e. The normalized spacial score (nSPS) is 19.4. The predicted molar refractivity (Wildman–Crippen MR) is 67.9 cm³/mol. The molecule has 0 radical (unpaired) electrons. The molecule has 19 heavy (non-hydrogen) atoms. The Morgan fingerprint density at radius 3 is 2.95 bits per heavy atom. The molecule has 3 heterocycles. The van der Waals surface area contributed by atoms with Gasteiger partial charge in [0.1, 0.15) is 11.9 Å². The van der Waals surface area contributed by atoms with E-state index in [1.54, 1.807) is 18.6 Å². The van der Waals surface area contributed by atoms with Crippen molar-refractivity contribution in [2.45, 2.75) is 19.0 Å². The monoisotopic (exact) mass is 254 g/mol. The van der Waals surface area contributed by atoms with Crippen LogP contribution >= 0.6 is 0 Å². The van der Waals surface area contributed by atoms with E-state index in [1.165, 1.54) is 0 Å². The van der Waals surface area contributed by atoms with Crippen LogP contribution in [-0.4, -0.2) is 37.7 Å². The van der Waals surface area contributed by atoms with E-state index in [1.807, 2.05) is 16.9 Å². The summed E-state index contributed by atoms with van der Waals surface area (Å²) in [4.78, 5) is 10.8. The van der Waals surface area contributed by atoms with Crippen LogP contribution in [0, 0.1) is 11.3 Å². The van der Waals surface area contributed by atoms with Gasteiger partial charge in [0.2, 0.25) is 0 Å². The fourth-order valence-corrected chi connectivity index (χ4v) is 2.38. The quantitative estimate of drug-likeness (QED) is 0.817. The van der Waals surface area contributed by atoms with E-state index < -0.39 is 0 Å². The van der Waals surface area contributed by atoms with Gasteiger partial charge in [0, 0.05) is 31.7 Å². The van der Waals surface area contributed by atoms with Crippen molar-refractivity contribution in [3.05, 3.63) is 42.2 Å². The number of nitriles is 1. The van der Waals surface area contributed by atoms with Crippen LogP contribution in [0.25, 0.3) is 0 Å². The number of hydrogen-bond acceptors (Lipinski definition) is 5. The van der Waals surface area contributed by atoms with Crippen molar-refractivity contribution in [3.8, 4) is 6.07 Å². The van der Waals surface area contributed by atoms with Crippen molar-refractivity contribution < 1.29 is 0 Å². The lowest BCUT2D eigenvalue weighted by atomic mass is 10.3. The maximum Gasteiger partial charge on any atom is 0.142 e. The highest BCUT2D eigenvalue weighted by atomic mass is 15.3. The van der Waals surface area contributed by atoms with Crippen molar-refractivity contribution in [2.75, 3.05) is 13.1 Å². The second-order valence-corrected chi connectivity index (χ2v) is 4.66. The Kier molecular flexibility index (Phi) is 3.21. The Bertz CT molecular complexity index is 585. The molecule has 1 aliphatic heterocycles. The third-order valence-corrected chi connectivity index (χ3v) is 3.34. The van der Waals surface area contributed by atoms with Crippen LogP contribution in [0.5, 0.6) is 0 Å².